The van der Waals surface area contributed by atoms with Crippen LogP contribution in [0, 0.1) is 17.8 Å². The number of rotatable bonds is 10. The second-order valence-corrected chi connectivity index (χ2v) is 12.7. The number of amides is 3. The van der Waals surface area contributed by atoms with E-state index >= 15 is 0 Å². The number of nitrogens with zero attached hydrogens (tertiary/aromatic N) is 1. The van der Waals surface area contributed by atoms with Gasteiger partial charge in [-0.2, -0.15) is 0 Å². The normalized spacial score (nSPS) is 32.3. The molecular weight excluding hydrogens is 510 g/mol. The molecule has 0 aromatic heterocycles. The Labute approximate surface area is 237 Å². The number of carbonyl (C=O) groups is 3. The molecule has 1 aliphatic carbocycles. The molecule has 3 amide bonds. The lowest BCUT2D eigenvalue weighted by Gasteiger charge is -2.38. The average molecular weight is 556 g/mol. The first kappa shape index (κ1) is 28.9. The number of benzene rings is 1. The molecule has 3 aliphatic heterocycles. The van der Waals surface area contributed by atoms with Gasteiger partial charge in [-0.15, -0.1) is 0 Å². The lowest BCUT2D eigenvalue weighted by Crippen LogP contribution is -2.59. The van der Waals surface area contributed by atoms with Crippen molar-refractivity contribution in [3.8, 4) is 5.75 Å². The van der Waals surface area contributed by atoms with Crippen molar-refractivity contribution >= 4 is 23.4 Å². The summed E-state index contributed by atoms with van der Waals surface area (Å²) in [7, 11) is 0. The molecule has 1 aromatic carbocycles. The summed E-state index contributed by atoms with van der Waals surface area (Å²) < 4.78 is 12.2. The number of hydrogen-bond donors (Lipinski definition) is 3. The van der Waals surface area contributed by atoms with Crippen molar-refractivity contribution in [1.29, 1.82) is 0 Å². The fourth-order valence-electron chi connectivity index (χ4n) is 7.83. The molecule has 5 rings (SSSR count). The number of fused-ring (bicyclic) bond motifs is 1. The molecule has 3 saturated heterocycles. The van der Waals surface area contributed by atoms with Gasteiger partial charge in [-0.3, -0.25) is 14.4 Å². The minimum Gasteiger partial charge on any atom is -0.494 e. The van der Waals surface area contributed by atoms with Crippen LogP contribution in [0.25, 0.3) is 0 Å². The lowest BCUT2D eigenvalue weighted by molar-refractivity contribution is -0.149. The summed E-state index contributed by atoms with van der Waals surface area (Å²) in [5.74, 6) is -1.41. The standard InChI is InChI=1S/C31H45N3O6/c1-5-39-23-13-11-21(12-14-23)32-27(36)24-25-29(38)34(22(18-35)17-19(2)3)26(31(25)16-15-30(24,4)40-31)28(37)33-20-9-7-6-8-10-20/h11-14,19-20,22,24-26,35H,5-10,15-18H2,1-4H3,(H,32,36)(H,33,37)/t22-,24-,25+,26?,30+,31?/m1/s1. The average Bonchev–Trinajstić information content (AvgIpc) is 3.49. The zero-order valence-corrected chi connectivity index (χ0v) is 24.3. The van der Waals surface area contributed by atoms with E-state index in [1.54, 1.807) is 29.2 Å². The number of anilines is 1. The van der Waals surface area contributed by atoms with Crippen LogP contribution in [0.4, 0.5) is 5.69 Å². The first-order valence-electron chi connectivity index (χ1n) is 15.1. The maximum Gasteiger partial charge on any atom is 0.246 e. The van der Waals surface area contributed by atoms with Gasteiger partial charge in [0.05, 0.1) is 36.7 Å². The Hall–Kier alpha value is -2.65. The molecule has 1 saturated carbocycles. The summed E-state index contributed by atoms with van der Waals surface area (Å²) in [6.07, 6.45) is 6.80. The number of ether oxygens (including phenoxy) is 2. The highest BCUT2D eigenvalue weighted by Gasteiger charge is 2.78. The van der Waals surface area contributed by atoms with Crippen LogP contribution in [0.15, 0.2) is 24.3 Å². The van der Waals surface area contributed by atoms with Gasteiger partial charge in [0.25, 0.3) is 0 Å². The van der Waals surface area contributed by atoms with Crippen LogP contribution in [0.1, 0.15) is 79.1 Å². The van der Waals surface area contributed by atoms with Crippen LogP contribution >= 0.6 is 0 Å². The third-order valence-electron chi connectivity index (χ3n) is 9.48. The van der Waals surface area contributed by atoms with E-state index in [-0.39, 0.29) is 36.3 Å². The van der Waals surface area contributed by atoms with Gasteiger partial charge in [-0.25, -0.2) is 0 Å². The largest absolute Gasteiger partial charge is 0.494 e. The molecule has 1 spiro atoms. The number of aliphatic hydroxyl groups excluding tert-OH is 1. The van der Waals surface area contributed by atoms with Crippen LogP contribution in [-0.4, -0.2) is 70.3 Å². The van der Waals surface area contributed by atoms with Crippen LogP contribution < -0.4 is 15.4 Å². The van der Waals surface area contributed by atoms with Crippen molar-refractivity contribution < 1.29 is 29.0 Å². The summed E-state index contributed by atoms with van der Waals surface area (Å²) in [6, 6.07) is 5.81. The van der Waals surface area contributed by atoms with Crippen molar-refractivity contribution in [2.45, 2.75) is 108 Å². The maximum atomic E-state index is 14.3. The smallest absolute Gasteiger partial charge is 0.246 e. The zero-order valence-electron chi connectivity index (χ0n) is 24.3. The maximum absolute atomic E-state index is 14.3. The summed E-state index contributed by atoms with van der Waals surface area (Å²) in [5.41, 5.74) is -1.36. The van der Waals surface area contributed by atoms with E-state index in [0.717, 1.165) is 25.7 Å². The zero-order chi connectivity index (χ0) is 28.7. The van der Waals surface area contributed by atoms with Crippen LogP contribution in [-0.2, 0) is 19.1 Å². The Kier molecular flexibility index (Phi) is 8.17. The van der Waals surface area contributed by atoms with Crippen LogP contribution in [0.2, 0.25) is 0 Å². The molecule has 220 valence electrons. The summed E-state index contributed by atoms with van der Waals surface area (Å²) >= 11 is 0. The van der Waals surface area contributed by atoms with Crippen molar-refractivity contribution in [1.82, 2.24) is 10.2 Å². The van der Waals surface area contributed by atoms with E-state index in [0.29, 0.717) is 37.3 Å². The molecule has 40 heavy (non-hydrogen) atoms. The van der Waals surface area contributed by atoms with Crippen LogP contribution in [0.3, 0.4) is 0 Å². The highest BCUT2D eigenvalue weighted by atomic mass is 16.5. The van der Waals surface area contributed by atoms with Gasteiger partial charge in [0, 0.05) is 11.7 Å². The minimum atomic E-state index is -1.10. The predicted molar refractivity (Wildman–Crippen MR) is 151 cm³/mol. The molecule has 3 N–H and O–H groups in total. The molecule has 0 radical (unpaired) electrons. The summed E-state index contributed by atoms with van der Waals surface area (Å²) in [4.78, 5) is 43.9. The predicted octanol–water partition coefficient (Wildman–Crippen LogP) is 3.64. The molecule has 9 heteroatoms. The van der Waals surface area contributed by atoms with Crippen molar-refractivity contribution in [2.24, 2.45) is 17.8 Å². The third kappa shape index (κ3) is 5.00. The third-order valence-corrected chi connectivity index (χ3v) is 9.48. The lowest BCUT2D eigenvalue weighted by atomic mass is 9.66. The minimum absolute atomic E-state index is 0.0688. The van der Waals surface area contributed by atoms with Gasteiger partial charge in [0.1, 0.15) is 17.4 Å². The second-order valence-electron chi connectivity index (χ2n) is 12.7. The van der Waals surface area contributed by atoms with E-state index in [9.17, 15) is 19.5 Å². The Balaban J connectivity index is 1.47. The van der Waals surface area contributed by atoms with Gasteiger partial charge in [-0.1, -0.05) is 33.1 Å². The quantitative estimate of drug-likeness (QED) is 0.406. The van der Waals surface area contributed by atoms with E-state index < -0.39 is 35.1 Å². The van der Waals surface area contributed by atoms with Crippen LogP contribution in [0.5, 0.6) is 5.75 Å². The molecule has 1 aromatic rings. The van der Waals surface area contributed by atoms with Gasteiger partial charge in [0.2, 0.25) is 17.7 Å². The Morgan fingerprint density at radius 2 is 1.82 bits per heavy atom. The molecule has 2 unspecified atom stereocenters. The number of nitrogens with one attached hydrogen (secondary N) is 2. The van der Waals surface area contributed by atoms with E-state index in [1.165, 1.54) is 6.42 Å². The fraction of sp³-hybridized carbons (Fsp3) is 0.710. The van der Waals surface area contributed by atoms with Crippen molar-refractivity contribution in [3.05, 3.63) is 24.3 Å². The Morgan fingerprint density at radius 1 is 1.12 bits per heavy atom. The highest BCUT2D eigenvalue weighted by Crippen LogP contribution is 2.63. The highest BCUT2D eigenvalue weighted by molar-refractivity contribution is 6.02. The van der Waals surface area contributed by atoms with E-state index in [1.807, 2.05) is 27.7 Å². The molecule has 4 aliphatic rings. The van der Waals surface area contributed by atoms with E-state index in [4.69, 9.17) is 9.47 Å². The number of likely N-dealkylation sites (tertiary alicyclic amines) is 1. The number of carbonyl (C=O) groups excluding carboxylic acids is 3. The molecule has 4 fully saturated rings. The molecule has 2 bridgehead atoms. The van der Waals surface area contributed by atoms with Crippen molar-refractivity contribution in [2.75, 3.05) is 18.5 Å². The van der Waals surface area contributed by atoms with Crippen molar-refractivity contribution in [3.63, 3.8) is 0 Å². The summed E-state index contributed by atoms with van der Waals surface area (Å²) in [6.45, 7) is 8.18. The molecule has 6 atom stereocenters. The number of hydrogen-bond acceptors (Lipinski definition) is 6. The van der Waals surface area contributed by atoms with Gasteiger partial charge in [-0.05, 0) is 76.1 Å². The number of aliphatic hydroxyl groups is 1. The summed E-state index contributed by atoms with van der Waals surface area (Å²) in [5, 5.41) is 16.7. The second kappa shape index (κ2) is 11.3. The molecule has 9 nitrogen and oxygen atoms in total. The van der Waals surface area contributed by atoms with E-state index in [2.05, 4.69) is 10.6 Å². The Bertz CT molecular complexity index is 1100. The monoisotopic (exact) mass is 555 g/mol. The molecular formula is C31H45N3O6. The van der Waals surface area contributed by atoms with Gasteiger partial charge in [0.15, 0.2) is 0 Å². The molecule has 3 heterocycles. The fourth-order valence-corrected chi connectivity index (χ4v) is 7.83. The first-order valence-corrected chi connectivity index (χ1v) is 15.1. The van der Waals surface area contributed by atoms with Gasteiger partial charge < -0.3 is 30.1 Å². The first-order chi connectivity index (χ1) is 19.1. The van der Waals surface area contributed by atoms with Gasteiger partial charge >= 0.3 is 0 Å². The topological polar surface area (TPSA) is 117 Å². The SMILES string of the molecule is CCOc1ccc(NC(=O)[C@H]2[C@H]3C(=O)N([C@@H](CO)CC(C)C)C(C(=O)NC4CCCCC4)C34CC[C@]2(C)O4)cc1. The Morgan fingerprint density at radius 3 is 2.45 bits per heavy atom.